The number of nitrogens with one attached hydrogen (secondary N) is 2. The van der Waals surface area contributed by atoms with Gasteiger partial charge in [-0.2, -0.15) is 10.2 Å². The maximum absolute atomic E-state index is 12.1. The van der Waals surface area contributed by atoms with Crippen molar-refractivity contribution >= 4 is 5.91 Å². The van der Waals surface area contributed by atoms with Gasteiger partial charge >= 0.3 is 0 Å². The SMILES string of the molecule is COc1cc(C#N)ccc1C(=O)NCc1nc(O)cc(=O)[nH]1. The number of hydrogen-bond acceptors (Lipinski definition) is 6. The van der Waals surface area contributed by atoms with E-state index in [1.807, 2.05) is 6.07 Å². The smallest absolute Gasteiger partial charge is 0.255 e. The molecule has 0 bridgehead atoms. The van der Waals surface area contributed by atoms with Crippen LogP contribution in [0.3, 0.4) is 0 Å². The van der Waals surface area contributed by atoms with E-state index in [9.17, 15) is 14.7 Å². The topological polar surface area (TPSA) is 128 Å². The number of carbonyl (C=O) groups excluding carboxylic acids is 1. The zero-order valence-electron chi connectivity index (χ0n) is 11.6. The van der Waals surface area contributed by atoms with Gasteiger partial charge in [0.05, 0.1) is 36.9 Å². The Kier molecular flexibility index (Phi) is 4.38. The molecule has 22 heavy (non-hydrogen) atoms. The van der Waals surface area contributed by atoms with Gasteiger partial charge in [-0.05, 0) is 18.2 Å². The van der Waals surface area contributed by atoms with Gasteiger partial charge in [-0.1, -0.05) is 0 Å². The minimum atomic E-state index is -0.521. The Hall–Kier alpha value is -3.34. The van der Waals surface area contributed by atoms with Gasteiger partial charge in [-0.15, -0.1) is 0 Å². The van der Waals surface area contributed by atoms with Crippen LogP contribution in [0.1, 0.15) is 21.7 Å². The highest BCUT2D eigenvalue weighted by molar-refractivity contribution is 5.97. The number of benzene rings is 1. The molecular weight excluding hydrogens is 288 g/mol. The van der Waals surface area contributed by atoms with Gasteiger partial charge in [-0.25, -0.2) is 0 Å². The molecule has 0 saturated heterocycles. The Morgan fingerprint density at radius 2 is 2.27 bits per heavy atom. The molecule has 1 amide bonds. The number of ether oxygens (including phenoxy) is 1. The molecule has 0 fully saturated rings. The third-order valence-corrected chi connectivity index (χ3v) is 2.77. The fourth-order valence-electron chi connectivity index (χ4n) is 1.79. The van der Waals surface area contributed by atoms with Crippen molar-refractivity contribution in [3.63, 3.8) is 0 Å². The van der Waals surface area contributed by atoms with Crippen LogP contribution in [0.5, 0.6) is 11.6 Å². The molecule has 2 rings (SSSR count). The van der Waals surface area contributed by atoms with Crippen molar-refractivity contribution in [3.05, 3.63) is 51.6 Å². The number of aromatic hydroxyl groups is 1. The fourth-order valence-corrected chi connectivity index (χ4v) is 1.79. The lowest BCUT2D eigenvalue weighted by molar-refractivity contribution is 0.0946. The second kappa shape index (κ2) is 6.41. The minimum absolute atomic E-state index is 0.0777. The summed E-state index contributed by atoms with van der Waals surface area (Å²) in [6.45, 7) is -0.0777. The molecular formula is C14H12N4O4. The molecule has 0 radical (unpaired) electrons. The highest BCUT2D eigenvalue weighted by Gasteiger charge is 2.13. The van der Waals surface area contributed by atoms with E-state index in [2.05, 4.69) is 15.3 Å². The molecule has 8 heteroatoms. The molecule has 3 N–H and O–H groups in total. The molecule has 0 unspecified atom stereocenters. The second-order valence-electron chi connectivity index (χ2n) is 4.26. The average Bonchev–Trinajstić information content (AvgIpc) is 2.51. The summed E-state index contributed by atoms with van der Waals surface area (Å²) in [5.74, 6) is -0.517. The van der Waals surface area contributed by atoms with Crippen LogP contribution in [-0.2, 0) is 6.54 Å². The first-order valence-corrected chi connectivity index (χ1v) is 6.19. The molecule has 1 heterocycles. The highest BCUT2D eigenvalue weighted by Crippen LogP contribution is 2.19. The van der Waals surface area contributed by atoms with Crippen LogP contribution in [-0.4, -0.2) is 28.1 Å². The molecule has 112 valence electrons. The number of amides is 1. The zero-order valence-corrected chi connectivity index (χ0v) is 11.6. The number of methoxy groups -OCH3 is 1. The van der Waals surface area contributed by atoms with Gasteiger partial charge in [-0.3, -0.25) is 9.59 Å². The minimum Gasteiger partial charge on any atom is -0.496 e. The highest BCUT2D eigenvalue weighted by atomic mass is 16.5. The van der Waals surface area contributed by atoms with Crippen LogP contribution in [0.4, 0.5) is 0 Å². The van der Waals surface area contributed by atoms with Crippen LogP contribution in [0.25, 0.3) is 0 Å². The summed E-state index contributed by atoms with van der Waals surface area (Å²) in [5, 5.41) is 20.6. The predicted octanol–water partition coefficient (Wildman–Crippen LogP) is 0.286. The first-order valence-electron chi connectivity index (χ1n) is 6.19. The molecule has 0 aliphatic heterocycles. The van der Waals surface area contributed by atoms with Crippen molar-refractivity contribution in [2.45, 2.75) is 6.54 Å². The normalized spacial score (nSPS) is 9.82. The molecule has 2 aromatic rings. The van der Waals surface area contributed by atoms with E-state index >= 15 is 0 Å². The third-order valence-electron chi connectivity index (χ3n) is 2.77. The number of hydrogen-bond donors (Lipinski definition) is 3. The number of carbonyl (C=O) groups is 1. The van der Waals surface area contributed by atoms with Crippen LogP contribution >= 0.6 is 0 Å². The van der Waals surface area contributed by atoms with Gasteiger partial charge in [0.2, 0.25) is 5.88 Å². The van der Waals surface area contributed by atoms with Crippen molar-refractivity contribution in [2.24, 2.45) is 0 Å². The Bertz CT molecular complexity index is 807. The molecule has 0 saturated carbocycles. The van der Waals surface area contributed by atoms with Gasteiger partial charge in [0.15, 0.2) is 0 Å². The first kappa shape index (κ1) is 15.1. The molecule has 0 spiro atoms. The number of aromatic nitrogens is 2. The molecule has 1 aromatic carbocycles. The van der Waals surface area contributed by atoms with Crippen molar-refractivity contribution in [1.29, 1.82) is 5.26 Å². The summed E-state index contributed by atoms with van der Waals surface area (Å²) >= 11 is 0. The van der Waals surface area contributed by atoms with Gasteiger partial charge in [0.1, 0.15) is 11.6 Å². The Labute approximate surface area is 125 Å². The fraction of sp³-hybridized carbons (Fsp3) is 0.143. The lowest BCUT2D eigenvalue weighted by Crippen LogP contribution is -2.25. The lowest BCUT2D eigenvalue weighted by Gasteiger charge is -2.09. The Morgan fingerprint density at radius 1 is 1.50 bits per heavy atom. The predicted molar refractivity (Wildman–Crippen MR) is 75.4 cm³/mol. The quantitative estimate of drug-likeness (QED) is 0.744. The van der Waals surface area contributed by atoms with Crippen molar-refractivity contribution in [2.75, 3.05) is 7.11 Å². The van der Waals surface area contributed by atoms with Crippen molar-refractivity contribution < 1.29 is 14.6 Å². The molecule has 8 nitrogen and oxygen atoms in total. The number of rotatable bonds is 4. The van der Waals surface area contributed by atoms with Crippen molar-refractivity contribution in [1.82, 2.24) is 15.3 Å². The van der Waals surface area contributed by atoms with Crippen LogP contribution in [0.15, 0.2) is 29.1 Å². The monoisotopic (exact) mass is 300 g/mol. The van der Waals surface area contributed by atoms with E-state index in [4.69, 9.17) is 10.00 Å². The molecule has 0 aliphatic carbocycles. The second-order valence-corrected chi connectivity index (χ2v) is 4.26. The van der Waals surface area contributed by atoms with E-state index in [-0.39, 0.29) is 23.7 Å². The maximum Gasteiger partial charge on any atom is 0.255 e. The number of H-pyrrole nitrogens is 1. The summed E-state index contributed by atoms with van der Waals surface area (Å²) in [7, 11) is 1.39. The van der Waals surface area contributed by atoms with Crippen LogP contribution in [0, 0.1) is 11.3 Å². The van der Waals surface area contributed by atoms with E-state index < -0.39 is 17.3 Å². The van der Waals surface area contributed by atoms with E-state index in [0.717, 1.165) is 6.07 Å². The zero-order chi connectivity index (χ0) is 16.1. The summed E-state index contributed by atoms with van der Waals surface area (Å²) in [6.07, 6.45) is 0. The van der Waals surface area contributed by atoms with Gasteiger partial charge < -0.3 is 20.1 Å². The van der Waals surface area contributed by atoms with E-state index in [0.29, 0.717) is 5.56 Å². The summed E-state index contributed by atoms with van der Waals surface area (Å²) in [5.41, 5.74) is 0.0871. The molecule has 0 aliphatic rings. The lowest BCUT2D eigenvalue weighted by atomic mass is 10.1. The third kappa shape index (κ3) is 3.40. The maximum atomic E-state index is 12.1. The van der Waals surface area contributed by atoms with Crippen LogP contribution in [0.2, 0.25) is 0 Å². The summed E-state index contributed by atoms with van der Waals surface area (Å²) in [6, 6.07) is 7.28. The summed E-state index contributed by atoms with van der Waals surface area (Å²) in [4.78, 5) is 29.4. The molecule has 1 aromatic heterocycles. The van der Waals surface area contributed by atoms with Crippen molar-refractivity contribution in [3.8, 4) is 17.7 Å². The number of aromatic amines is 1. The van der Waals surface area contributed by atoms with Gasteiger partial charge in [0.25, 0.3) is 11.5 Å². The number of nitrogens with zero attached hydrogens (tertiary/aromatic N) is 2. The first-order chi connectivity index (χ1) is 10.5. The average molecular weight is 300 g/mol. The summed E-state index contributed by atoms with van der Waals surface area (Å²) < 4.78 is 5.07. The van der Waals surface area contributed by atoms with E-state index in [1.165, 1.54) is 25.3 Å². The van der Waals surface area contributed by atoms with Gasteiger partial charge in [0, 0.05) is 0 Å². The standard InChI is InChI=1S/C14H12N4O4/c1-22-10-4-8(6-15)2-3-9(10)14(21)16-7-11-17-12(19)5-13(20)18-11/h2-5H,7H2,1H3,(H,16,21)(H2,17,18,19,20). The largest absolute Gasteiger partial charge is 0.496 e. The van der Waals surface area contributed by atoms with E-state index in [1.54, 1.807) is 0 Å². The Balaban J connectivity index is 2.16. The molecule has 0 atom stereocenters. The Morgan fingerprint density at radius 3 is 2.91 bits per heavy atom. The van der Waals surface area contributed by atoms with Crippen LogP contribution < -0.4 is 15.6 Å². The number of nitriles is 1.